The van der Waals surface area contributed by atoms with Crippen molar-refractivity contribution in [2.45, 2.75) is 32.0 Å². The van der Waals surface area contributed by atoms with E-state index >= 15 is 4.39 Å². The molecule has 2 aliphatic heterocycles. The molecule has 1 amide bonds. The number of amides is 1. The van der Waals surface area contributed by atoms with Crippen molar-refractivity contribution < 1.29 is 27.1 Å². The first kappa shape index (κ1) is 30.1. The molecule has 0 saturated carbocycles. The topological polar surface area (TPSA) is 76.4 Å². The van der Waals surface area contributed by atoms with E-state index in [1.54, 1.807) is 28.8 Å². The lowest BCUT2D eigenvalue weighted by Crippen LogP contribution is -2.40. The number of nitrogens with zero attached hydrogens (tertiary/aromatic N) is 6. The van der Waals surface area contributed by atoms with Gasteiger partial charge in [0.2, 0.25) is 5.91 Å². The Morgan fingerprint density at radius 1 is 1.15 bits per heavy atom. The quantitative estimate of drug-likeness (QED) is 0.154. The molecule has 2 aliphatic rings. The maximum Gasteiger partial charge on any atom is 0.302 e. The van der Waals surface area contributed by atoms with Crippen molar-refractivity contribution in [2.24, 2.45) is 0 Å². The van der Waals surface area contributed by atoms with Gasteiger partial charge in [-0.1, -0.05) is 6.58 Å². The van der Waals surface area contributed by atoms with E-state index in [9.17, 15) is 18.0 Å². The molecule has 0 aliphatic carbocycles. The van der Waals surface area contributed by atoms with Gasteiger partial charge in [0.25, 0.3) is 0 Å². The molecule has 1 unspecified atom stereocenters. The third kappa shape index (κ3) is 4.76. The van der Waals surface area contributed by atoms with Crippen LogP contribution >= 0.6 is 11.3 Å². The normalized spacial score (nSPS) is 17.5. The van der Waals surface area contributed by atoms with Crippen LogP contribution in [-0.2, 0) is 23.8 Å². The van der Waals surface area contributed by atoms with E-state index in [2.05, 4.69) is 11.6 Å². The largest absolute Gasteiger partial charge is 0.496 e. The molecule has 46 heavy (non-hydrogen) atoms. The van der Waals surface area contributed by atoms with Gasteiger partial charge in [-0.25, -0.2) is 13.8 Å². The monoisotopic (exact) mass is 648 g/mol. The molecule has 1 aromatic carbocycles. The van der Waals surface area contributed by atoms with E-state index in [4.69, 9.17) is 14.8 Å². The predicted molar refractivity (Wildman–Crippen MR) is 167 cm³/mol. The fourth-order valence-electron chi connectivity index (χ4n) is 6.50. The number of halogens is 4. The summed E-state index contributed by atoms with van der Waals surface area (Å²) in [5, 5.41) is 7.30. The van der Waals surface area contributed by atoms with Crippen molar-refractivity contribution in [3.63, 3.8) is 0 Å². The van der Waals surface area contributed by atoms with Gasteiger partial charge in [0.1, 0.15) is 34.5 Å². The maximum absolute atomic E-state index is 15.8. The summed E-state index contributed by atoms with van der Waals surface area (Å²) in [6.45, 7) is 6.17. The minimum atomic E-state index is -3.11. The van der Waals surface area contributed by atoms with Crippen LogP contribution in [0.25, 0.3) is 43.9 Å². The second-order valence-electron chi connectivity index (χ2n) is 11.5. The number of thiophene rings is 1. The lowest BCUT2D eigenvalue weighted by Gasteiger charge is -2.33. The summed E-state index contributed by atoms with van der Waals surface area (Å²) in [5.74, 6) is -4.99. The van der Waals surface area contributed by atoms with Crippen LogP contribution in [-0.4, -0.2) is 62.7 Å². The third-order valence-electron chi connectivity index (χ3n) is 8.55. The zero-order valence-corrected chi connectivity index (χ0v) is 26.0. The van der Waals surface area contributed by atoms with Gasteiger partial charge in [-0.3, -0.25) is 19.4 Å². The Bertz CT molecular complexity index is 2060. The molecular weight excluding hydrogens is 620 g/mol. The maximum atomic E-state index is 15.8. The zero-order valence-electron chi connectivity index (χ0n) is 25.2. The summed E-state index contributed by atoms with van der Waals surface area (Å²) in [4.78, 5) is 25.0. The van der Waals surface area contributed by atoms with E-state index in [-0.39, 0.29) is 41.2 Å². The fraction of sp³-hybridized carbons (Fsp3) is 0.273. The van der Waals surface area contributed by atoms with Crippen molar-refractivity contribution in [2.75, 3.05) is 27.2 Å². The average molecular weight is 649 g/mol. The summed E-state index contributed by atoms with van der Waals surface area (Å²) in [6, 6.07) is 6.86. The summed E-state index contributed by atoms with van der Waals surface area (Å²) < 4.78 is 67.8. The Hall–Kier alpha value is -4.62. The molecule has 6 heterocycles. The molecule has 0 bridgehead atoms. The highest BCUT2D eigenvalue weighted by atomic mass is 32.1. The Morgan fingerprint density at radius 3 is 2.72 bits per heavy atom. The molecule has 0 fully saturated rings. The van der Waals surface area contributed by atoms with E-state index in [0.717, 1.165) is 17.8 Å². The number of fused-ring (bicyclic) bond motifs is 3. The molecule has 1 atom stereocenters. The fourth-order valence-corrected chi connectivity index (χ4v) is 7.45. The lowest BCUT2D eigenvalue weighted by molar-refractivity contribution is -0.129. The van der Waals surface area contributed by atoms with Gasteiger partial charge in [-0.05, 0) is 49.2 Å². The van der Waals surface area contributed by atoms with Gasteiger partial charge in [0.05, 0.1) is 43.2 Å². The number of likely N-dealkylation sites (N-methyl/N-ethyl adjacent to an activating group) is 1. The Morgan fingerprint density at radius 2 is 1.96 bits per heavy atom. The van der Waals surface area contributed by atoms with Crippen molar-refractivity contribution in [1.82, 2.24) is 29.5 Å². The number of aromatic nitrogens is 4. The van der Waals surface area contributed by atoms with Gasteiger partial charge in [0.15, 0.2) is 0 Å². The SMILES string of the molecule is C=CC(=O)N1CCn2nc(-c3nc(-c4cnc5c(c4)CN(C)CC5(F)F)c4ccsc4c3-c3c(F)cc(F)cc3OC)cc2C1C. The van der Waals surface area contributed by atoms with Gasteiger partial charge < -0.3 is 9.64 Å². The summed E-state index contributed by atoms with van der Waals surface area (Å²) in [5.41, 5.74) is 2.86. The molecule has 7 rings (SSSR count). The molecule has 13 heteroatoms. The van der Waals surface area contributed by atoms with Crippen LogP contribution < -0.4 is 4.74 Å². The molecule has 0 saturated heterocycles. The van der Waals surface area contributed by atoms with Crippen LogP contribution in [0.1, 0.15) is 29.9 Å². The van der Waals surface area contributed by atoms with Crippen LogP contribution in [0, 0.1) is 11.6 Å². The van der Waals surface area contributed by atoms with Crippen LogP contribution in [0.4, 0.5) is 17.6 Å². The van der Waals surface area contributed by atoms with E-state index in [0.29, 0.717) is 51.3 Å². The number of benzene rings is 1. The van der Waals surface area contributed by atoms with E-state index < -0.39 is 24.1 Å². The molecule has 0 spiro atoms. The Kier molecular flexibility index (Phi) is 7.20. The van der Waals surface area contributed by atoms with Crippen molar-refractivity contribution >= 4 is 27.3 Å². The Labute approximate surface area is 265 Å². The van der Waals surface area contributed by atoms with Crippen LogP contribution in [0.5, 0.6) is 5.75 Å². The van der Waals surface area contributed by atoms with Crippen molar-refractivity contribution in [3.05, 3.63) is 83.1 Å². The highest BCUT2D eigenvalue weighted by molar-refractivity contribution is 7.18. The van der Waals surface area contributed by atoms with Crippen molar-refractivity contribution in [3.8, 4) is 39.5 Å². The third-order valence-corrected chi connectivity index (χ3v) is 9.48. The summed E-state index contributed by atoms with van der Waals surface area (Å²) in [7, 11) is 2.96. The first-order valence-corrected chi connectivity index (χ1v) is 15.4. The number of pyridine rings is 2. The number of rotatable bonds is 5. The number of carbonyl (C=O) groups is 1. The molecular formula is C33H28F4N6O2S. The van der Waals surface area contributed by atoms with Crippen LogP contribution in [0.2, 0.25) is 0 Å². The lowest BCUT2D eigenvalue weighted by atomic mass is 9.95. The van der Waals surface area contributed by atoms with E-state index in [1.807, 2.05) is 18.4 Å². The second-order valence-corrected chi connectivity index (χ2v) is 12.4. The Balaban J connectivity index is 1.50. The highest BCUT2D eigenvalue weighted by Gasteiger charge is 2.41. The van der Waals surface area contributed by atoms with Gasteiger partial charge in [-0.2, -0.15) is 13.9 Å². The first-order valence-electron chi connectivity index (χ1n) is 14.5. The van der Waals surface area contributed by atoms with Gasteiger partial charge >= 0.3 is 5.92 Å². The first-order chi connectivity index (χ1) is 22.0. The number of ether oxygens (including phenoxy) is 1. The molecule has 5 aromatic rings. The molecule has 4 aromatic heterocycles. The number of hydrogen-bond acceptors (Lipinski definition) is 7. The smallest absolute Gasteiger partial charge is 0.302 e. The van der Waals surface area contributed by atoms with Gasteiger partial charge in [-0.15, -0.1) is 11.3 Å². The zero-order chi connectivity index (χ0) is 32.5. The van der Waals surface area contributed by atoms with E-state index in [1.165, 1.54) is 35.6 Å². The molecule has 0 N–H and O–H groups in total. The minimum absolute atomic E-state index is 0.0118. The van der Waals surface area contributed by atoms with Gasteiger partial charge in [0, 0.05) is 52.6 Å². The number of carbonyl (C=O) groups excluding carboxylic acids is 1. The summed E-state index contributed by atoms with van der Waals surface area (Å²) in [6.07, 6.45) is 2.66. The van der Waals surface area contributed by atoms with Crippen LogP contribution in [0.3, 0.4) is 0 Å². The number of alkyl halides is 2. The average Bonchev–Trinajstić information content (AvgIpc) is 3.68. The molecule has 8 nitrogen and oxygen atoms in total. The highest BCUT2D eigenvalue weighted by Crippen LogP contribution is 2.48. The van der Waals surface area contributed by atoms with Crippen LogP contribution in [0.15, 0.2) is 54.6 Å². The predicted octanol–water partition coefficient (Wildman–Crippen LogP) is 6.80. The van der Waals surface area contributed by atoms with Crippen molar-refractivity contribution in [1.29, 1.82) is 0 Å². The minimum Gasteiger partial charge on any atom is -0.496 e. The number of hydrogen-bond donors (Lipinski definition) is 0. The standard InChI is InChI=1S/C33H28F4N6O2S/c1-5-26(44)42-7-8-43-24(17(42)2)13-23(40-43)30-28(27-22(35)11-20(34)12-25(27)45-4)31-21(6-9-46-31)29(39-30)18-10-19-15-41(3)16-33(36,37)32(19)38-14-18/h5-6,9-14,17H,1,7-8,15-16H2,2-4H3. The number of methoxy groups -OCH3 is 1. The molecule has 0 radical (unpaired) electrons. The molecule has 236 valence electrons. The summed E-state index contributed by atoms with van der Waals surface area (Å²) >= 11 is 1.33. The second kappa shape index (κ2) is 11.0.